The van der Waals surface area contributed by atoms with E-state index in [1.54, 1.807) is 0 Å². The third-order valence-electron chi connectivity index (χ3n) is 3.87. The topological polar surface area (TPSA) is 36.9 Å². The molecule has 1 N–H and O–H groups in total. The predicted octanol–water partition coefficient (Wildman–Crippen LogP) is 1.57. The van der Waals surface area contributed by atoms with E-state index in [0.29, 0.717) is 0 Å². The summed E-state index contributed by atoms with van der Waals surface area (Å²) < 4.78 is 5.44. The predicted molar refractivity (Wildman–Crippen MR) is 78.5 cm³/mol. The van der Waals surface area contributed by atoms with Gasteiger partial charge in [-0.05, 0) is 25.9 Å². The molecule has 0 saturated carbocycles. The molecule has 1 spiro atoms. The van der Waals surface area contributed by atoms with Crippen molar-refractivity contribution in [3.63, 3.8) is 0 Å². The van der Waals surface area contributed by atoms with Gasteiger partial charge in [-0.2, -0.15) is 0 Å². The second kappa shape index (κ2) is 6.78. The van der Waals surface area contributed by atoms with E-state index in [1.807, 2.05) is 11.8 Å². The smallest absolute Gasteiger partial charge is 0.157 e. The van der Waals surface area contributed by atoms with Crippen molar-refractivity contribution in [3.05, 3.63) is 0 Å². The van der Waals surface area contributed by atoms with Crippen molar-refractivity contribution in [2.24, 2.45) is 4.99 Å². The van der Waals surface area contributed by atoms with Crippen molar-refractivity contribution in [2.75, 3.05) is 45.1 Å². The molecule has 0 aromatic rings. The number of rotatable bonds is 5. The Kier molecular flexibility index (Phi) is 5.33. The summed E-state index contributed by atoms with van der Waals surface area (Å²) in [7, 11) is 0. The zero-order valence-corrected chi connectivity index (χ0v) is 12.4. The van der Waals surface area contributed by atoms with Crippen LogP contribution in [0.4, 0.5) is 0 Å². The van der Waals surface area contributed by atoms with Gasteiger partial charge in [0.15, 0.2) is 5.17 Å². The normalized spacial score (nSPS) is 24.9. The molecule has 2 fully saturated rings. The Morgan fingerprint density at radius 2 is 2.06 bits per heavy atom. The highest BCUT2D eigenvalue weighted by molar-refractivity contribution is 8.14. The number of nitrogens with one attached hydrogen (secondary N) is 1. The maximum atomic E-state index is 5.44. The van der Waals surface area contributed by atoms with Crippen LogP contribution in [0.1, 0.15) is 26.7 Å². The summed E-state index contributed by atoms with van der Waals surface area (Å²) in [6, 6.07) is 0. The lowest BCUT2D eigenvalue weighted by molar-refractivity contribution is 0.0555. The lowest BCUT2D eigenvalue weighted by Crippen LogP contribution is -2.48. The summed E-state index contributed by atoms with van der Waals surface area (Å²) in [5.74, 6) is 1.15. The molecule has 0 amide bonds. The lowest BCUT2D eigenvalue weighted by atomic mass is 9.93. The third-order valence-corrected chi connectivity index (χ3v) is 5.07. The molecule has 2 heterocycles. The van der Waals surface area contributed by atoms with Crippen molar-refractivity contribution >= 4 is 16.9 Å². The average Bonchev–Trinajstić information content (AvgIpc) is 2.79. The van der Waals surface area contributed by atoms with Crippen LogP contribution in [0.15, 0.2) is 4.99 Å². The first-order valence-corrected chi connectivity index (χ1v) is 8.02. The second-order valence-corrected chi connectivity index (χ2v) is 5.98. The first kappa shape index (κ1) is 14.2. The Bertz CT molecular complexity index is 286. The highest BCUT2D eigenvalue weighted by Gasteiger charge is 2.38. The van der Waals surface area contributed by atoms with Crippen LogP contribution in [0, 0.1) is 0 Å². The van der Waals surface area contributed by atoms with E-state index >= 15 is 0 Å². The van der Waals surface area contributed by atoms with Crippen LogP contribution in [-0.4, -0.2) is 60.8 Å². The Morgan fingerprint density at radius 1 is 1.33 bits per heavy atom. The number of thioether (sulfide) groups is 1. The molecule has 0 bridgehead atoms. The zero-order valence-electron chi connectivity index (χ0n) is 11.6. The Balaban J connectivity index is 1.77. The van der Waals surface area contributed by atoms with Gasteiger partial charge in [0.1, 0.15) is 0 Å². The molecule has 0 radical (unpaired) electrons. The van der Waals surface area contributed by atoms with Crippen LogP contribution in [0.3, 0.4) is 0 Å². The van der Waals surface area contributed by atoms with E-state index < -0.39 is 0 Å². The van der Waals surface area contributed by atoms with E-state index in [9.17, 15) is 0 Å². The summed E-state index contributed by atoms with van der Waals surface area (Å²) in [5, 5.41) is 4.77. The molecule has 2 aliphatic heterocycles. The van der Waals surface area contributed by atoms with Gasteiger partial charge < -0.3 is 15.0 Å². The molecule has 5 heteroatoms. The highest BCUT2D eigenvalue weighted by atomic mass is 32.2. The van der Waals surface area contributed by atoms with Gasteiger partial charge >= 0.3 is 0 Å². The monoisotopic (exact) mass is 271 g/mol. The minimum Gasteiger partial charge on any atom is -0.381 e. The Morgan fingerprint density at radius 3 is 2.72 bits per heavy atom. The number of amidine groups is 1. The number of hydrogen-bond donors (Lipinski definition) is 1. The molecule has 2 rings (SSSR count). The summed E-state index contributed by atoms with van der Waals surface area (Å²) in [5.41, 5.74) is 0.275. The van der Waals surface area contributed by atoms with Crippen molar-refractivity contribution < 1.29 is 4.74 Å². The van der Waals surface area contributed by atoms with E-state index in [2.05, 4.69) is 24.1 Å². The fourth-order valence-electron chi connectivity index (χ4n) is 2.45. The summed E-state index contributed by atoms with van der Waals surface area (Å²) in [4.78, 5) is 7.11. The number of hydrogen-bond acceptors (Lipinski definition) is 4. The molecule has 4 nitrogen and oxygen atoms in total. The average molecular weight is 271 g/mol. The van der Waals surface area contributed by atoms with Crippen molar-refractivity contribution in [3.8, 4) is 0 Å². The first-order valence-electron chi connectivity index (χ1n) is 7.03. The Hall–Kier alpha value is -0.260. The van der Waals surface area contributed by atoms with E-state index in [0.717, 1.165) is 63.2 Å². The van der Waals surface area contributed by atoms with Crippen LogP contribution in [0.25, 0.3) is 0 Å². The molecular formula is C13H25N3OS. The highest BCUT2D eigenvalue weighted by Crippen LogP contribution is 2.31. The van der Waals surface area contributed by atoms with Gasteiger partial charge in [-0.15, -0.1) is 0 Å². The summed E-state index contributed by atoms with van der Waals surface area (Å²) >= 11 is 1.88. The van der Waals surface area contributed by atoms with E-state index in [-0.39, 0.29) is 5.54 Å². The van der Waals surface area contributed by atoms with Crippen molar-refractivity contribution in [1.29, 1.82) is 0 Å². The number of likely N-dealkylation sites (N-methyl/N-ethyl adjacent to an activating group) is 1. The third kappa shape index (κ3) is 3.62. The maximum Gasteiger partial charge on any atom is 0.157 e. The number of aliphatic imine (C=N–C) groups is 1. The number of nitrogens with zero attached hydrogens (tertiary/aromatic N) is 2. The quantitative estimate of drug-likeness (QED) is 0.823. The van der Waals surface area contributed by atoms with Crippen LogP contribution in [0.2, 0.25) is 0 Å². The van der Waals surface area contributed by atoms with E-state index in [4.69, 9.17) is 9.73 Å². The lowest BCUT2D eigenvalue weighted by Gasteiger charge is -2.32. The molecule has 0 unspecified atom stereocenters. The second-order valence-electron chi connectivity index (χ2n) is 5.02. The molecule has 0 atom stereocenters. The van der Waals surface area contributed by atoms with Gasteiger partial charge in [0, 0.05) is 25.5 Å². The van der Waals surface area contributed by atoms with Gasteiger partial charge in [0.05, 0.1) is 12.1 Å². The van der Waals surface area contributed by atoms with Gasteiger partial charge in [0.25, 0.3) is 0 Å². The first-order chi connectivity index (χ1) is 8.78. The van der Waals surface area contributed by atoms with Gasteiger partial charge in [0.2, 0.25) is 0 Å². The molecule has 0 aromatic carbocycles. The minimum atomic E-state index is 0.275. The molecule has 2 aliphatic rings. The van der Waals surface area contributed by atoms with Gasteiger partial charge in [-0.1, -0.05) is 25.6 Å². The molecule has 0 aliphatic carbocycles. The zero-order chi connectivity index (χ0) is 12.8. The standard InChI is InChI=1S/C13H25N3OS/c1-3-16(4-2)8-7-14-12-15-13(11-18-12)5-9-17-10-6-13/h3-11H2,1-2H3,(H,14,15). The molecule has 0 aromatic heterocycles. The largest absolute Gasteiger partial charge is 0.381 e. The fraction of sp³-hybridized carbons (Fsp3) is 0.923. The number of ether oxygens (including phenoxy) is 1. The van der Waals surface area contributed by atoms with Crippen LogP contribution >= 0.6 is 11.8 Å². The van der Waals surface area contributed by atoms with Crippen LogP contribution < -0.4 is 5.32 Å². The minimum absolute atomic E-state index is 0.275. The fourth-order valence-corrected chi connectivity index (χ4v) is 3.70. The molecule has 2 saturated heterocycles. The van der Waals surface area contributed by atoms with E-state index in [1.165, 1.54) is 0 Å². The molecular weight excluding hydrogens is 246 g/mol. The van der Waals surface area contributed by atoms with Gasteiger partial charge in [-0.3, -0.25) is 4.99 Å². The Labute approximate surface area is 115 Å². The molecule has 18 heavy (non-hydrogen) atoms. The summed E-state index contributed by atoms with van der Waals surface area (Å²) in [6.07, 6.45) is 2.24. The van der Waals surface area contributed by atoms with Gasteiger partial charge in [-0.25, -0.2) is 0 Å². The SMILES string of the molecule is CCN(CC)CCN=C1NC2(CCOCC2)CS1. The summed E-state index contributed by atoms with van der Waals surface area (Å²) in [6.45, 7) is 10.4. The van der Waals surface area contributed by atoms with Crippen molar-refractivity contribution in [2.45, 2.75) is 32.2 Å². The van der Waals surface area contributed by atoms with Crippen LogP contribution in [-0.2, 0) is 4.74 Å². The van der Waals surface area contributed by atoms with Crippen LogP contribution in [0.5, 0.6) is 0 Å². The van der Waals surface area contributed by atoms with Crippen molar-refractivity contribution in [1.82, 2.24) is 10.2 Å². The molecule has 104 valence electrons. The maximum absolute atomic E-state index is 5.44.